The number of rotatable bonds is 4. The third kappa shape index (κ3) is 3.71. The molecule has 2 saturated heterocycles. The Kier molecular flexibility index (Phi) is 5.96. The van der Waals surface area contributed by atoms with Crippen molar-refractivity contribution >= 4 is 15.9 Å². The van der Waals surface area contributed by atoms with E-state index in [1.165, 1.54) is 58.0 Å². The van der Waals surface area contributed by atoms with Crippen molar-refractivity contribution in [2.24, 2.45) is 5.41 Å². The molecule has 3 heteroatoms. The largest absolute Gasteiger partial charge is 0.381 e. The molecule has 2 aliphatic rings. The van der Waals surface area contributed by atoms with Gasteiger partial charge >= 0.3 is 0 Å². The molecule has 0 bridgehead atoms. The maximum Gasteiger partial charge on any atom is 0.0472 e. The fourth-order valence-corrected chi connectivity index (χ4v) is 4.21. The smallest absolute Gasteiger partial charge is 0.0472 e. The van der Waals surface area contributed by atoms with Gasteiger partial charge in [-0.3, -0.25) is 4.90 Å². The average Bonchev–Trinajstić information content (AvgIpc) is 2.65. The Bertz CT molecular complexity index is 241. The lowest BCUT2D eigenvalue weighted by molar-refractivity contribution is 0.000487. The van der Waals surface area contributed by atoms with E-state index in [-0.39, 0.29) is 0 Å². The van der Waals surface area contributed by atoms with E-state index in [0.29, 0.717) is 5.41 Å². The molecule has 0 N–H and O–H groups in total. The summed E-state index contributed by atoms with van der Waals surface area (Å²) in [5, 5.41) is 1.14. The van der Waals surface area contributed by atoms with Crippen molar-refractivity contribution in [3.63, 3.8) is 0 Å². The summed E-state index contributed by atoms with van der Waals surface area (Å²) < 4.78 is 5.55. The maximum absolute atomic E-state index is 5.55. The summed E-state index contributed by atoms with van der Waals surface area (Å²) in [7, 11) is 0. The van der Waals surface area contributed by atoms with Gasteiger partial charge in [-0.15, -0.1) is 0 Å². The summed E-state index contributed by atoms with van der Waals surface area (Å²) in [4.78, 5) is 2.79. The van der Waals surface area contributed by atoms with Gasteiger partial charge in [0.2, 0.25) is 0 Å². The van der Waals surface area contributed by atoms with Crippen LogP contribution in [0.15, 0.2) is 0 Å². The van der Waals surface area contributed by atoms with E-state index < -0.39 is 0 Å². The fraction of sp³-hybridized carbons (Fsp3) is 1.00. The topological polar surface area (TPSA) is 12.5 Å². The van der Waals surface area contributed by atoms with E-state index >= 15 is 0 Å². The highest BCUT2D eigenvalue weighted by Crippen LogP contribution is 2.35. The van der Waals surface area contributed by atoms with E-state index in [1.54, 1.807) is 0 Å². The van der Waals surface area contributed by atoms with Gasteiger partial charge in [0.05, 0.1) is 0 Å². The summed E-state index contributed by atoms with van der Waals surface area (Å²) in [5.74, 6) is 0. The lowest BCUT2D eigenvalue weighted by atomic mass is 9.81. The molecule has 0 saturated carbocycles. The summed E-state index contributed by atoms with van der Waals surface area (Å²) in [5.41, 5.74) is 0.468. The van der Waals surface area contributed by atoms with Gasteiger partial charge in [0.25, 0.3) is 0 Å². The second-order valence-corrected chi connectivity index (χ2v) is 6.69. The Labute approximate surface area is 121 Å². The molecule has 2 nitrogen and oxygen atoms in total. The number of hydrogen-bond donors (Lipinski definition) is 0. The van der Waals surface area contributed by atoms with E-state index in [0.717, 1.165) is 24.6 Å². The molecule has 1 atom stereocenters. The molecule has 2 fully saturated rings. The molecule has 0 radical (unpaired) electrons. The predicted octanol–water partition coefficient (Wildman–Crippen LogP) is 3.83. The molecule has 0 aromatic carbocycles. The van der Waals surface area contributed by atoms with Crippen molar-refractivity contribution in [2.45, 2.75) is 57.9 Å². The molecule has 0 aromatic rings. The number of nitrogens with zero attached hydrogens (tertiary/aromatic N) is 1. The monoisotopic (exact) mass is 317 g/mol. The van der Waals surface area contributed by atoms with Gasteiger partial charge in [-0.05, 0) is 44.1 Å². The highest BCUT2D eigenvalue weighted by Gasteiger charge is 2.35. The molecule has 2 rings (SSSR count). The summed E-state index contributed by atoms with van der Waals surface area (Å²) in [6.45, 7) is 6.86. The summed E-state index contributed by atoms with van der Waals surface area (Å²) >= 11 is 3.77. The number of hydrogen-bond acceptors (Lipinski definition) is 2. The molecule has 0 amide bonds. The van der Waals surface area contributed by atoms with Crippen molar-refractivity contribution in [3.05, 3.63) is 0 Å². The second-order valence-electron chi connectivity index (χ2n) is 6.13. The predicted molar refractivity (Wildman–Crippen MR) is 80.4 cm³/mol. The van der Waals surface area contributed by atoms with Gasteiger partial charge in [-0.25, -0.2) is 0 Å². The highest BCUT2D eigenvalue weighted by molar-refractivity contribution is 9.09. The second kappa shape index (κ2) is 7.25. The first-order valence-electron chi connectivity index (χ1n) is 7.67. The fourth-order valence-electron chi connectivity index (χ4n) is 3.48. The molecular weight excluding hydrogens is 290 g/mol. The van der Waals surface area contributed by atoms with Crippen molar-refractivity contribution < 1.29 is 4.74 Å². The van der Waals surface area contributed by atoms with Crippen LogP contribution < -0.4 is 0 Å². The van der Waals surface area contributed by atoms with Crippen molar-refractivity contribution in [1.29, 1.82) is 0 Å². The van der Waals surface area contributed by atoms with Gasteiger partial charge in [0.1, 0.15) is 0 Å². The zero-order chi connectivity index (χ0) is 12.8. The quantitative estimate of drug-likeness (QED) is 0.731. The first-order valence-corrected chi connectivity index (χ1v) is 8.79. The molecular formula is C15H28BrNO. The Morgan fingerprint density at radius 2 is 2.00 bits per heavy atom. The van der Waals surface area contributed by atoms with Crippen LogP contribution in [0, 0.1) is 5.41 Å². The molecule has 0 spiro atoms. The molecule has 2 aliphatic heterocycles. The van der Waals surface area contributed by atoms with Crippen molar-refractivity contribution in [3.8, 4) is 0 Å². The minimum atomic E-state index is 0.468. The van der Waals surface area contributed by atoms with Crippen LogP contribution in [0.4, 0.5) is 0 Å². The summed E-state index contributed by atoms with van der Waals surface area (Å²) in [6, 6.07) is 0.825. The Morgan fingerprint density at radius 1 is 1.22 bits per heavy atom. The summed E-state index contributed by atoms with van der Waals surface area (Å²) in [6.07, 6.45) is 9.43. The van der Waals surface area contributed by atoms with Gasteiger partial charge in [0.15, 0.2) is 0 Å². The zero-order valence-corrected chi connectivity index (χ0v) is 13.4. The maximum atomic E-state index is 5.55. The van der Waals surface area contributed by atoms with Crippen LogP contribution in [-0.2, 0) is 4.74 Å². The van der Waals surface area contributed by atoms with E-state index in [9.17, 15) is 0 Å². The minimum Gasteiger partial charge on any atom is -0.381 e. The van der Waals surface area contributed by atoms with E-state index in [4.69, 9.17) is 4.74 Å². The standard InChI is InChI=1S/C15H28BrNO/c1-2-14-6-4-3-5-9-17(14)13-15(12-16)7-10-18-11-8-15/h14H,2-13H2,1H3. The molecule has 2 heterocycles. The van der Waals surface area contributed by atoms with Crippen LogP contribution in [0.1, 0.15) is 51.9 Å². The van der Waals surface area contributed by atoms with Gasteiger partial charge in [-0.1, -0.05) is 35.7 Å². The molecule has 18 heavy (non-hydrogen) atoms. The third-order valence-corrected chi connectivity index (χ3v) is 6.04. The van der Waals surface area contributed by atoms with E-state index in [2.05, 4.69) is 27.8 Å². The van der Waals surface area contributed by atoms with Crippen molar-refractivity contribution in [2.75, 3.05) is 31.6 Å². The van der Waals surface area contributed by atoms with Crippen LogP contribution in [0.2, 0.25) is 0 Å². The first kappa shape index (κ1) is 14.8. The Balaban J connectivity index is 1.99. The average molecular weight is 318 g/mol. The highest BCUT2D eigenvalue weighted by atomic mass is 79.9. The lowest BCUT2D eigenvalue weighted by Gasteiger charge is -2.42. The Hall–Kier alpha value is 0.400. The van der Waals surface area contributed by atoms with Gasteiger partial charge < -0.3 is 4.74 Å². The SMILES string of the molecule is CCC1CCCCCN1CC1(CBr)CCOCC1. The van der Waals surface area contributed by atoms with Gasteiger partial charge in [0, 0.05) is 31.1 Å². The number of likely N-dealkylation sites (tertiary alicyclic amines) is 1. The lowest BCUT2D eigenvalue weighted by Crippen LogP contribution is -2.46. The normalized spacial score (nSPS) is 30.0. The zero-order valence-electron chi connectivity index (χ0n) is 11.8. The molecule has 106 valence electrons. The number of ether oxygens (including phenoxy) is 1. The van der Waals surface area contributed by atoms with Crippen LogP contribution in [0.5, 0.6) is 0 Å². The number of alkyl halides is 1. The molecule has 1 unspecified atom stereocenters. The van der Waals surface area contributed by atoms with Crippen LogP contribution in [0.25, 0.3) is 0 Å². The molecule has 0 aliphatic carbocycles. The van der Waals surface area contributed by atoms with Crippen LogP contribution in [0.3, 0.4) is 0 Å². The van der Waals surface area contributed by atoms with E-state index in [1.807, 2.05) is 0 Å². The van der Waals surface area contributed by atoms with Crippen molar-refractivity contribution in [1.82, 2.24) is 4.90 Å². The first-order chi connectivity index (χ1) is 8.79. The van der Waals surface area contributed by atoms with Gasteiger partial charge in [-0.2, -0.15) is 0 Å². The molecule has 0 aromatic heterocycles. The number of halogens is 1. The van der Waals surface area contributed by atoms with Crippen LogP contribution >= 0.6 is 15.9 Å². The third-order valence-electron chi connectivity index (χ3n) is 4.85. The van der Waals surface area contributed by atoms with Crippen LogP contribution in [-0.4, -0.2) is 42.6 Å². The minimum absolute atomic E-state index is 0.468. The Morgan fingerprint density at radius 3 is 2.67 bits per heavy atom.